The molecular weight excluding hydrogens is 152 g/mol. The van der Waals surface area contributed by atoms with Crippen molar-refractivity contribution in [3.8, 4) is 0 Å². The number of ether oxygens (including phenoxy) is 1. The molecule has 0 aromatic carbocycles. The Morgan fingerprint density at radius 3 is 2.50 bits per heavy atom. The topological polar surface area (TPSA) is 55.6 Å². The van der Waals surface area contributed by atoms with E-state index in [0.29, 0.717) is 0 Å². The molecule has 58 valence electrons. The number of carbonyl (C=O) groups is 1. The Morgan fingerprint density at radius 1 is 1.90 bits per heavy atom. The maximum absolute atomic E-state index is 10.7. The van der Waals surface area contributed by atoms with Crippen LogP contribution in [0, 0.1) is 0 Å². The fourth-order valence-electron chi connectivity index (χ4n) is 0.700. The van der Waals surface area contributed by atoms with E-state index in [0.717, 1.165) is 5.01 Å². The second-order valence-corrected chi connectivity index (χ2v) is 3.40. The second-order valence-electron chi connectivity index (χ2n) is 2.49. The van der Waals surface area contributed by atoms with Crippen LogP contribution in [-0.4, -0.2) is 22.1 Å². The normalized spacial score (nSPS) is 40.2. The summed E-state index contributed by atoms with van der Waals surface area (Å²) >= 11 is 4.15. The molecule has 0 saturated carbocycles. The Bertz CT molecular complexity index is 171. The van der Waals surface area contributed by atoms with E-state index in [4.69, 9.17) is 10.6 Å². The number of hydrogen-bond donors (Lipinski definition) is 2. The lowest BCUT2D eigenvalue weighted by Gasteiger charge is -2.24. The van der Waals surface area contributed by atoms with Gasteiger partial charge in [-0.05, 0) is 13.8 Å². The molecule has 0 aromatic rings. The molecule has 1 aliphatic rings. The van der Waals surface area contributed by atoms with Crippen molar-refractivity contribution in [2.24, 2.45) is 5.84 Å². The molecule has 0 spiro atoms. The molecule has 0 aromatic heterocycles. The minimum atomic E-state index is -0.683. The number of cyclic esters (lactones) is 1. The van der Waals surface area contributed by atoms with Crippen molar-refractivity contribution in [3.63, 3.8) is 0 Å². The number of carbonyl (C=O) groups excluding carboxylic acids is 1. The summed E-state index contributed by atoms with van der Waals surface area (Å²) in [6.07, 6.45) is -0.793. The zero-order chi connectivity index (χ0) is 7.94. The van der Waals surface area contributed by atoms with Crippen molar-refractivity contribution in [2.45, 2.75) is 24.8 Å². The first-order valence-corrected chi connectivity index (χ1v) is 3.39. The van der Waals surface area contributed by atoms with Crippen LogP contribution >= 0.6 is 12.6 Å². The quantitative estimate of drug-likeness (QED) is 0.307. The zero-order valence-electron chi connectivity index (χ0n) is 5.87. The van der Waals surface area contributed by atoms with E-state index >= 15 is 0 Å². The van der Waals surface area contributed by atoms with Crippen LogP contribution in [0.1, 0.15) is 13.8 Å². The SMILES string of the molecule is CC1OC(=O)N(N)C1(C)S. The van der Waals surface area contributed by atoms with Crippen molar-refractivity contribution in [1.29, 1.82) is 0 Å². The fraction of sp³-hybridized carbons (Fsp3) is 0.800. The Labute approximate surface area is 64.7 Å². The molecular formula is C5H10N2O2S. The summed E-state index contributed by atoms with van der Waals surface area (Å²) in [5.41, 5.74) is 0. The molecule has 1 heterocycles. The monoisotopic (exact) mass is 162 g/mol. The molecule has 2 unspecified atom stereocenters. The van der Waals surface area contributed by atoms with Crippen LogP contribution in [0.15, 0.2) is 0 Å². The molecule has 4 nitrogen and oxygen atoms in total. The maximum Gasteiger partial charge on any atom is 0.425 e. The van der Waals surface area contributed by atoms with E-state index in [1.807, 2.05) is 0 Å². The molecule has 0 radical (unpaired) electrons. The lowest BCUT2D eigenvalue weighted by atomic mass is 10.2. The third-order valence-corrected chi connectivity index (χ3v) is 2.31. The standard InChI is InChI=1S/C5H10N2O2S/c1-3-5(2,10)7(6)4(8)9-3/h3,10H,6H2,1-2H3. The largest absolute Gasteiger partial charge is 0.442 e. The third kappa shape index (κ3) is 0.856. The summed E-state index contributed by atoms with van der Waals surface area (Å²) in [7, 11) is 0. The number of rotatable bonds is 0. The van der Waals surface area contributed by atoms with Gasteiger partial charge in [-0.25, -0.2) is 15.6 Å². The van der Waals surface area contributed by atoms with Crippen molar-refractivity contribution in [1.82, 2.24) is 5.01 Å². The minimum absolute atomic E-state index is 0.270. The fourth-order valence-corrected chi connectivity index (χ4v) is 0.835. The number of thiol groups is 1. The Hall–Kier alpha value is -0.420. The van der Waals surface area contributed by atoms with Gasteiger partial charge in [0.2, 0.25) is 0 Å². The molecule has 1 saturated heterocycles. The first-order chi connectivity index (χ1) is 4.46. The highest BCUT2D eigenvalue weighted by Crippen LogP contribution is 2.30. The van der Waals surface area contributed by atoms with Crippen LogP contribution in [0.4, 0.5) is 4.79 Å². The van der Waals surface area contributed by atoms with Gasteiger partial charge >= 0.3 is 6.09 Å². The second kappa shape index (κ2) is 2.03. The lowest BCUT2D eigenvalue weighted by molar-refractivity contribution is 0.136. The Morgan fingerprint density at radius 2 is 2.40 bits per heavy atom. The molecule has 0 bridgehead atoms. The first-order valence-electron chi connectivity index (χ1n) is 2.94. The Balaban J connectivity index is 2.85. The molecule has 0 aliphatic carbocycles. The van der Waals surface area contributed by atoms with Crippen molar-refractivity contribution in [2.75, 3.05) is 0 Å². The molecule has 5 heteroatoms. The van der Waals surface area contributed by atoms with E-state index in [9.17, 15) is 4.79 Å². The number of amides is 1. The smallest absolute Gasteiger partial charge is 0.425 e. The van der Waals surface area contributed by atoms with E-state index in [1.54, 1.807) is 13.8 Å². The van der Waals surface area contributed by atoms with E-state index < -0.39 is 11.0 Å². The predicted molar refractivity (Wildman–Crippen MR) is 39.4 cm³/mol. The van der Waals surface area contributed by atoms with Gasteiger partial charge in [-0.1, -0.05) is 0 Å². The highest BCUT2D eigenvalue weighted by Gasteiger charge is 2.45. The van der Waals surface area contributed by atoms with E-state index in [2.05, 4.69) is 12.6 Å². The zero-order valence-corrected chi connectivity index (χ0v) is 6.76. The molecule has 2 N–H and O–H groups in total. The van der Waals surface area contributed by atoms with Gasteiger partial charge in [-0.3, -0.25) is 0 Å². The lowest BCUT2D eigenvalue weighted by Crippen LogP contribution is -2.47. The van der Waals surface area contributed by atoms with Crippen molar-refractivity contribution in [3.05, 3.63) is 0 Å². The van der Waals surface area contributed by atoms with Gasteiger partial charge in [0, 0.05) is 0 Å². The minimum Gasteiger partial charge on any atom is -0.442 e. The van der Waals surface area contributed by atoms with Gasteiger partial charge in [0.25, 0.3) is 0 Å². The average molecular weight is 162 g/mol. The van der Waals surface area contributed by atoms with Gasteiger partial charge in [0.15, 0.2) is 0 Å². The van der Waals surface area contributed by atoms with Gasteiger partial charge in [-0.2, -0.15) is 0 Å². The van der Waals surface area contributed by atoms with Crippen LogP contribution < -0.4 is 5.84 Å². The number of nitrogens with two attached hydrogens (primary N) is 1. The molecule has 10 heavy (non-hydrogen) atoms. The predicted octanol–water partition coefficient (Wildman–Crippen LogP) is 0.347. The number of nitrogens with zero attached hydrogens (tertiary/aromatic N) is 1. The first kappa shape index (κ1) is 7.68. The third-order valence-electron chi connectivity index (χ3n) is 1.73. The van der Waals surface area contributed by atoms with E-state index in [-0.39, 0.29) is 6.10 Å². The summed E-state index contributed by atoms with van der Waals surface area (Å²) in [5.74, 6) is 5.33. The van der Waals surface area contributed by atoms with Crippen LogP contribution in [-0.2, 0) is 4.74 Å². The van der Waals surface area contributed by atoms with Crippen LogP contribution in [0.3, 0.4) is 0 Å². The highest BCUT2D eigenvalue weighted by molar-refractivity contribution is 7.81. The summed E-state index contributed by atoms with van der Waals surface area (Å²) in [6.45, 7) is 3.48. The summed E-state index contributed by atoms with van der Waals surface area (Å²) in [5, 5.41) is 0.987. The molecule has 1 amide bonds. The van der Waals surface area contributed by atoms with Crippen molar-refractivity contribution < 1.29 is 9.53 Å². The number of hydrogen-bond acceptors (Lipinski definition) is 4. The molecule has 1 aliphatic heterocycles. The van der Waals surface area contributed by atoms with Gasteiger partial charge in [0.05, 0.1) is 0 Å². The summed E-state index contributed by atoms with van der Waals surface area (Å²) in [4.78, 5) is 10.0. The average Bonchev–Trinajstić information content (AvgIpc) is 1.97. The summed E-state index contributed by atoms with van der Waals surface area (Å²) in [6, 6.07) is 0. The number of hydrazine groups is 1. The van der Waals surface area contributed by atoms with Crippen LogP contribution in [0.25, 0.3) is 0 Å². The maximum atomic E-state index is 10.7. The molecule has 1 rings (SSSR count). The summed E-state index contributed by atoms with van der Waals surface area (Å²) < 4.78 is 4.77. The van der Waals surface area contributed by atoms with Crippen LogP contribution in [0.2, 0.25) is 0 Å². The van der Waals surface area contributed by atoms with Crippen LogP contribution in [0.5, 0.6) is 0 Å². The highest BCUT2D eigenvalue weighted by atomic mass is 32.1. The van der Waals surface area contributed by atoms with Gasteiger partial charge < -0.3 is 4.74 Å². The Kier molecular flexibility index (Phi) is 1.56. The molecule has 1 fully saturated rings. The van der Waals surface area contributed by atoms with Crippen molar-refractivity contribution >= 4 is 18.7 Å². The molecule has 2 atom stereocenters. The van der Waals surface area contributed by atoms with Gasteiger partial charge in [0.1, 0.15) is 11.0 Å². The van der Waals surface area contributed by atoms with E-state index in [1.165, 1.54) is 0 Å². The van der Waals surface area contributed by atoms with Gasteiger partial charge in [-0.15, -0.1) is 12.6 Å².